The van der Waals surface area contributed by atoms with Crippen LogP contribution in [0.15, 0.2) is 18.2 Å². The van der Waals surface area contributed by atoms with Gasteiger partial charge in [-0.3, -0.25) is 10.2 Å². The van der Waals surface area contributed by atoms with E-state index in [1.807, 2.05) is 32.2 Å². The smallest absolute Gasteiger partial charge is 0.173 e. The number of hydrogen-bond donors (Lipinski definition) is 2. The van der Waals surface area contributed by atoms with Crippen molar-refractivity contribution in [2.24, 2.45) is 5.92 Å². The van der Waals surface area contributed by atoms with E-state index in [0.29, 0.717) is 0 Å². The normalized spacial score (nSPS) is 30.1. The average Bonchev–Trinajstić information content (AvgIpc) is 2.78. The highest BCUT2D eigenvalue weighted by Crippen LogP contribution is 2.36. The molecule has 3 unspecified atom stereocenters. The molecule has 1 aromatic carbocycles. The van der Waals surface area contributed by atoms with Gasteiger partial charge < -0.3 is 9.64 Å². The Balaban J connectivity index is 2.11. The lowest BCUT2D eigenvalue weighted by atomic mass is 9.85. The van der Waals surface area contributed by atoms with E-state index in [2.05, 4.69) is 15.8 Å². The predicted molar refractivity (Wildman–Crippen MR) is 68.7 cm³/mol. The Morgan fingerprint density at radius 2 is 2.11 bits per heavy atom. The number of ether oxygens (including phenoxy) is 1. The standard InChI is InChI=1S/C13H17N3O2/c1-7-11-12(17)9-6-8(18-3)4-5-10(9)16(2)13(11)15-14-7/h4-7,11,13-15H,1-3H3. The summed E-state index contributed by atoms with van der Waals surface area (Å²) in [6.07, 6.45) is 0.0217. The van der Waals surface area contributed by atoms with E-state index in [-0.39, 0.29) is 23.9 Å². The molecule has 2 aliphatic rings. The predicted octanol–water partition coefficient (Wildman–Crippen LogP) is 0.766. The molecule has 5 nitrogen and oxygen atoms in total. The summed E-state index contributed by atoms with van der Waals surface area (Å²) in [7, 11) is 3.62. The van der Waals surface area contributed by atoms with Crippen molar-refractivity contribution in [1.29, 1.82) is 0 Å². The minimum atomic E-state index is -0.0605. The maximum atomic E-state index is 12.6. The summed E-state index contributed by atoms with van der Waals surface area (Å²) in [5.74, 6) is 0.840. The molecule has 0 aromatic heterocycles. The highest BCUT2D eigenvalue weighted by molar-refractivity contribution is 6.06. The number of Topliss-reactive ketones (excluding diaryl/α,β-unsaturated/α-hetero) is 1. The Hall–Kier alpha value is -1.59. The fourth-order valence-electron chi connectivity index (χ4n) is 2.85. The van der Waals surface area contributed by atoms with Crippen molar-refractivity contribution >= 4 is 11.5 Å². The van der Waals surface area contributed by atoms with Crippen LogP contribution in [-0.2, 0) is 0 Å². The molecule has 0 aliphatic carbocycles. The first-order valence-electron chi connectivity index (χ1n) is 6.09. The Morgan fingerprint density at radius 1 is 1.33 bits per heavy atom. The number of nitrogens with one attached hydrogen (secondary N) is 2. The molecule has 5 heteroatoms. The van der Waals surface area contributed by atoms with Crippen molar-refractivity contribution in [3.63, 3.8) is 0 Å². The Bertz CT molecular complexity index is 503. The number of hydrogen-bond acceptors (Lipinski definition) is 5. The Labute approximate surface area is 106 Å². The first-order chi connectivity index (χ1) is 8.63. The van der Waals surface area contributed by atoms with Crippen LogP contribution < -0.4 is 20.5 Å². The molecule has 0 spiro atoms. The molecule has 3 atom stereocenters. The van der Waals surface area contributed by atoms with Crippen LogP contribution in [0.4, 0.5) is 5.69 Å². The SMILES string of the molecule is COc1ccc2c(c1)C(=O)C1C(C)NNC1N2C. The van der Waals surface area contributed by atoms with Crippen molar-refractivity contribution in [3.05, 3.63) is 23.8 Å². The number of anilines is 1. The second kappa shape index (κ2) is 3.96. The van der Waals surface area contributed by atoms with Crippen LogP contribution in [0.3, 0.4) is 0 Å². The molecule has 1 saturated heterocycles. The molecule has 18 heavy (non-hydrogen) atoms. The van der Waals surface area contributed by atoms with Gasteiger partial charge in [0.2, 0.25) is 0 Å². The first kappa shape index (κ1) is 11.5. The maximum Gasteiger partial charge on any atom is 0.173 e. The lowest BCUT2D eigenvalue weighted by Gasteiger charge is -2.36. The molecule has 2 heterocycles. The molecule has 2 aliphatic heterocycles. The highest BCUT2D eigenvalue weighted by Gasteiger charge is 2.45. The molecular weight excluding hydrogens is 230 g/mol. The van der Waals surface area contributed by atoms with Crippen molar-refractivity contribution in [3.8, 4) is 5.75 Å². The van der Waals surface area contributed by atoms with Gasteiger partial charge in [-0.25, -0.2) is 5.43 Å². The molecular formula is C13H17N3O2. The molecule has 0 amide bonds. The van der Waals surface area contributed by atoms with Gasteiger partial charge in [-0.1, -0.05) is 0 Å². The fourth-order valence-corrected chi connectivity index (χ4v) is 2.85. The van der Waals surface area contributed by atoms with E-state index in [0.717, 1.165) is 17.0 Å². The van der Waals surface area contributed by atoms with E-state index >= 15 is 0 Å². The van der Waals surface area contributed by atoms with Gasteiger partial charge in [0.1, 0.15) is 11.9 Å². The Kier molecular flexibility index (Phi) is 2.53. The van der Waals surface area contributed by atoms with E-state index < -0.39 is 0 Å². The second-order valence-electron chi connectivity index (χ2n) is 4.91. The molecule has 0 saturated carbocycles. The molecule has 96 valence electrons. The summed E-state index contributed by atoms with van der Waals surface area (Å²) in [6.45, 7) is 2.02. The second-order valence-corrected chi connectivity index (χ2v) is 4.91. The third-order valence-electron chi connectivity index (χ3n) is 3.91. The van der Waals surface area contributed by atoms with Crippen molar-refractivity contribution in [2.75, 3.05) is 19.1 Å². The molecule has 2 N–H and O–H groups in total. The number of rotatable bonds is 1. The Morgan fingerprint density at radius 3 is 2.83 bits per heavy atom. The van der Waals surface area contributed by atoms with Crippen LogP contribution in [0.2, 0.25) is 0 Å². The van der Waals surface area contributed by atoms with Crippen LogP contribution in [0, 0.1) is 5.92 Å². The number of methoxy groups -OCH3 is 1. The molecule has 3 rings (SSSR count). The van der Waals surface area contributed by atoms with Gasteiger partial charge in [-0.05, 0) is 25.1 Å². The number of fused-ring (bicyclic) bond motifs is 2. The van der Waals surface area contributed by atoms with Gasteiger partial charge in [-0.15, -0.1) is 0 Å². The lowest BCUT2D eigenvalue weighted by molar-refractivity contribution is 0.0891. The van der Waals surface area contributed by atoms with Crippen LogP contribution in [-0.4, -0.2) is 32.1 Å². The van der Waals surface area contributed by atoms with Gasteiger partial charge in [0.25, 0.3) is 0 Å². The van der Waals surface area contributed by atoms with E-state index in [1.165, 1.54) is 0 Å². The summed E-state index contributed by atoms with van der Waals surface area (Å²) in [6, 6.07) is 5.78. The molecule has 0 bridgehead atoms. The van der Waals surface area contributed by atoms with Gasteiger partial charge in [-0.2, -0.15) is 0 Å². The minimum Gasteiger partial charge on any atom is -0.497 e. The topological polar surface area (TPSA) is 53.6 Å². The quantitative estimate of drug-likeness (QED) is 0.767. The average molecular weight is 247 g/mol. The number of carbonyl (C=O) groups excluding carboxylic acids is 1. The zero-order chi connectivity index (χ0) is 12.9. The number of nitrogens with zero attached hydrogens (tertiary/aromatic N) is 1. The minimum absolute atomic E-state index is 0.0217. The van der Waals surface area contributed by atoms with Crippen molar-refractivity contribution in [1.82, 2.24) is 10.9 Å². The van der Waals surface area contributed by atoms with Crippen LogP contribution >= 0.6 is 0 Å². The number of ketones is 1. The fraction of sp³-hybridized carbons (Fsp3) is 0.462. The van der Waals surface area contributed by atoms with E-state index in [4.69, 9.17) is 4.74 Å². The van der Waals surface area contributed by atoms with Crippen LogP contribution in [0.1, 0.15) is 17.3 Å². The van der Waals surface area contributed by atoms with Crippen molar-refractivity contribution in [2.45, 2.75) is 19.1 Å². The maximum absolute atomic E-state index is 12.6. The third-order valence-corrected chi connectivity index (χ3v) is 3.91. The largest absolute Gasteiger partial charge is 0.497 e. The van der Waals surface area contributed by atoms with Crippen LogP contribution in [0.25, 0.3) is 0 Å². The molecule has 1 fully saturated rings. The zero-order valence-corrected chi connectivity index (χ0v) is 10.7. The van der Waals surface area contributed by atoms with E-state index in [1.54, 1.807) is 7.11 Å². The zero-order valence-electron chi connectivity index (χ0n) is 10.7. The molecule has 1 aromatic rings. The van der Waals surface area contributed by atoms with E-state index in [9.17, 15) is 4.79 Å². The summed E-state index contributed by atoms with van der Waals surface area (Å²) in [5.41, 5.74) is 8.02. The highest BCUT2D eigenvalue weighted by atomic mass is 16.5. The number of benzene rings is 1. The summed E-state index contributed by atoms with van der Waals surface area (Å²) in [5, 5.41) is 0. The first-order valence-corrected chi connectivity index (χ1v) is 6.09. The van der Waals surface area contributed by atoms with Crippen LogP contribution in [0.5, 0.6) is 5.75 Å². The lowest BCUT2D eigenvalue weighted by Crippen LogP contribution is -2.50. The van der Waals surface area contributed by atoms with Gasteiger partial charge in [0.05, 0.1) is 13.0 Å². The summed E-state index contributed by atoms with van der Waals surface area (Å²) >= 11 is 0. The van der Waals surface area contributed by atoms with Crippen molar-refractivity contribution < 1.29 is 9.53 Å². The van der Waals surface area contributed by atoms with Gasteiger partial charge in [0.15, 0.2) is 5.78 Å². The molecule has 0 radical (unpaired) electrons. The monoisotopic (exact) mass is 247 g/mol. The number of carbonyl (C=O) groups is 1. The number of hydrazine groups is 1. The third kappa shape index (κ3) is 1.44. The summed E-state index contributed by atoms with van der Waals surface area (Å²) < 4.78 is 5.20. The van der Waals surface area contributed by atoms with Gasteiger partial charge in [0, 0.05) is 24.3 Å². The summed E-state index contributed by atoms with van der Waals surface area (Å²) in [4.78, 5) is 14.7. The van der Waals surface area contributed by atoms with Gasteiger partial charge >= 0.3 is 0 Å².